The fraction of sp³-hybridized carbons (Fsp3) is 0.346. The average molecular weight is 443 g/mol. The highest BCUT2D eigenvalue weighted by Gasteiger charge is 2.31. The van der Waals surface area contributed by atoms with E-state index in [0.29, 0.717) is 19.6 Å². The van der Waals surface area contributed by atoms with Crippen LogP contribution in [0.3, 0.4) is 0 Å². The summed E-state index contributed by atoms with van der Waals surface area (Å²) < 4.78 is 41.5. The molecule has 1 heterocycles. The molecular weight excluding hydrogens is 413 g/mol. The fourth-order valence-corrected chi connectivity index (χ4v) is 3.73. The third kappa shape index (κ3) is 6.02. The third-order valence-electron chi connectivity index (χ3n) is 5.63. The first-order chi connectivity index (χ1) is 15.3. The molecule has 1 aromatic heterocycles. The molecular formula is C26H29F3N2O. The van der Waals surface area contributed by atoms with Crippen LogP contribution in [0.15, 0.2) is 66.9 Å². The number of nitrogens with zero attached hydrogens (tertiary/aromatic N) is 2. The minimum absolute atomic E-state index is 0.0633. The van der Waals surface area contributed by atoms with Gasteiger partial charge in [0.1, 0.15) is 0 Å². The van der Waals surface area contributed by atoms with E-state index in [9.17, 15) is 18.0 Å². The van der Waals surface area contributed by atoms with Gasteiger partial charge >= 0.3 is 6.18 Å². The van der Waals surface area contributed by atoms with Gasteiger partial charge in [-0.15, -0.1) is 0 Å². The highest BCUT2D eigenvalue weighted by atomic mass is 19.4. The van der Waals surface area contributed by atoms with E-state index in [1.54, 1.807) is 4.90 Å². The Kier molecular flexibility index (Phi) is 7.78. The molecule has 170 valence electrons. The molecule has 3 rings (SSSR count). The van der Waals surface area contributed by atoms with Gasteiger partial charge in [0.2, 0.25) is 0 Å². The summed E-state index contributed by atoms with van der Waals surface area (Å²) in [5.41, 5.74) is 2.58. The predicted octanol–water partition coefficient (Wildman–Crippen LogP) is 6.70. The van der Waals surface area contributed by atoms with Crippen molar-refractivity contribution >= 4 is 5.91 Å². The zero-order valence-electron chi connectivity index (χ0n) is 18.5. The lowest BCUT2D eigenvalue weighted by atomic mass is 10.1. The molecule has 0 aliphatic rings. The van der Waals surface area contributed by atoms with Crippen LogP contribution in [0.25, 0.3) is 0 Å². The van der Waals surface area contributed by atoms with Gasteiger partial charge in [0.05, 0.1) is 12.1 Å². The Labute approximate surface area is 187 Å². The summed E-state index contributed by atoms with van der Waals surface area (Å²) in [6.45, 7) is 5.66. The molecule has 0 saturated carbocycles. The van der Waals surface area contributed by atoms with Crippen molar-refractivity contribution in [2.45, 2.75) is 52.4 Å². The van der Waals surface area contributed by atoms with Gasteiger partial charge < -0.3 is 9.47 Å². The summed E-state index contributed by atoms with van der Waals surface area (Å²) in [5.74, 6) is -0.379. The van der Waals surface area contributed by atoms with Crippen LogP contribution < -0.4 is 0 Å². The highest BCUT2D eigenvalue weighted by Crippen LogP contribution is 2.30. The molecule has 0 fully saturated rings. The summed E-state index contributed by atoms with van der Waals surface area (Å²) in [5, 5.41) is 0. The van der Waals surface area contributed by atoms with Crippen molar-refractivity contribution in [3.05, 3.63) is 94.8 Å². The van der Waals surface area contributed by atoms with Crippen molar-refractivity contribution in [1.29, 1.82) is 0 Å². The topological polar surface area (TPSA) is 25.2 Å². The lowest BCUT2D eigenvalue weighted by molar-refractivity contribution is -0.137. The molecule has 1 amide bonds. The number of alkyl halides is 3. The van der Waals surface area contributed by atoms with Crippen LogP contribution >= 0.6 is 0 Å². The number of halogens is 3. The molecule has 0 atom stereocenters. The van der Waals surface area contributed by atoms with Gasteiger partial charge in [-0.05, 0) is 54.8 Å². The first-order valence-electron chi connectivity index (χ1n) is 10.9. The van der Waals surface area contributed by atoms with E-state index in [0.717, 1.165) is 37.1 Å². The Morgan fingerprint density at radius 2 is 1.78 bits per heavy atom. The van der Waals surface area contributed by atoms with Crippen molar-refractivity contribution in [3.8, 4) is 0 Å². The van der Waals surface area contributed by atoms with Gasteiger partial charge in [0, 0.05) is 30.5 Å². The number of hydrogen-bond acceptors (Lipinski definition) is 1. The number of benzene rings is 2. The largest absolute Gasteiger partial charge is 0.416 e. The molecule has 32 heavy (non-hydrogen) atoms. The molecule has 0 aliphatic heterocycles. The molecule has 0 N–H and O–H groups in total. The molecule has 0 saturated heterocycles. The Morgan fingerprint density at radius 3 is 2.50 bits per heavy atom. The van der Waals surface area contributed by atoms with Crippen LogP contribution in [-0.2, 0) is 19.3 Å². The quantitative estimate of drug-likeness (QED) is 0.339. The molecule has 6 heteroatoms. The SMILES string of the molecule is CCCCCN(Cc1cccn1Cc1ccccc1C)C(=O)c1cccc(C(F)(F)F)c1. The number of unbranched alkanes of at least 4 members (excludes halogenated alkanes) is 2. The molecule has 2 aromatic carbocycles. The second kappa shape index (κ2) is 10.5. The normalized spacial score (nSPS) is 11.5. The lowest BCUT2D eigenvalue weighted by Gasteiger charge is -2.24. The Balaban J connectivity index is 1.84. The van der Waals surface area contributed by atoms with E-state index in [2.05, 4.69) is 30.5 Å². The maximum Gasteiger partial charge on any atom is 0.416 e. The number of hydrogen-bond donors (Lipinski definition) is 0. The molecule has 0 spiro atoms. The molecule has 0 unspecified atom stereocenters. The van der Waals surface area contributed by atoms with Gasteiger partial charge in [-0.3, -0.25) is 4.79 Å². The first kappa shape index (κ1) is 23.6. The van der Waals surface area contributed by atoms with Crippen LogP contribution in [0, 0.1) is 6.92 Å². The van der Waals surface area contributed by atoms with Gasteiger partial charge in [-0.25, -0.2) is 0 Å². The van der Waals surface area contributed by atoms with Gasteiger partial charge in [0.25, 0.3) is 5.91 Å². The van der Waals surface area contributed by atoms with Crippen LogP contribution in [-0.4, -0.2) is 21.9 Å². The van der Waals surface area contributed by atoms with Crippen LogP contribution in [0.1, 0.15) is 58.9 Å². The zero-order valence-corrected chi connectivity index (χ0v) is 18.5. The monoisotopic (exact) mass is 442 g/mol. The Bertz CT molecular complexity index is 1040. The van der Waals surface area contributed by atoms with Crippen molar-refractivity contribution < 1.29 is 18.0 Å². The molecule has 0 bridgehead atoms. The third-order valence-corrected chi connectivity index (χ3v) is 5.63. The van der Waals surface area contributed by atoms with Crippen LogP contribution in [0.4, 0.5) is 13.2 Å². The van der Waals surface area contributed by atoms with Crippen LogP contribution in [0.5, 0.6) is 0 Å². The summed E-state index contributed by atoms with van der Waals surface area (Å²) in [6, 6.07) is 16.7. The maximum atomic E-state index is 13.2. The average Bonchev–Trinajstić information content (AvgIpc) is 3.20. The molecule has 3 aromatic rings. The molecule has 3 nitrogen and oxygen atoms in total. The number of carbonyl (C=O) groups excluding carboxylic acids is 1. The lowest BCUT2D eigenvalue weighted by Crippen LogP contribution is -2.32. The van der Waals surface area contributed by atoms with Crippen molar-refractivity contribution in [2.75, 3.05) is 6.54 Å². The summed E-state index contributed by atoms with van der Waals surface area (Å²) >= 11 is 0. The summed E-state index contributed by atoms with van der Waals surface area (Å²) in [4.78, 5) is 14.9. The predicted molar refractivity (Wildman–Crippen MR) is 120 cm³/mol. The van der Waals surface area contributed by atoms with E-state index < -0.39 is 11.7 Å². The van der Waals surface area contributed by atoms with Gasteiger partial charge in [-0.2, -0.15) is 13.2 Å². The van der Waals surface area contributed by atoms with E-state index in [1.165, 1.54) is 23.3 Å². The number of carbonyl (C=O) groups is 1. The van der Waals surface area contributed by atoms with Crippen molar-refractivity contribution in [3.63, 3.8) is 0 Å². The smallest absolute Gasteiger partial charge is 0.345 e. The Morgan fingerprint density at radius 1 is 1.00 bits per heavy atom. The minimum Gasteiger partial charge on any atom is -0.345 e. The first-order valence-corrected chi connectivity index (χ1v) is 10.9. The molecule has 0 aliphatic carbocycles. The number of aromatic nitrogens is 1. The van der Waals surface area contributed by atoms with E-state index in [4.69, 9.17) is 0 Å². The van der Waals surface area contributed by atoms with Gasteiger partial charge in [0.15, 0.2) is 0 Å². The fourth-order valence-electron chi connectivity index (χ4n) is 3.73. The highest BCUT2D eigenvalue weighted by molar-refractivity contribution is 5.94. The molecule has 0 radical (unpaired) electrons. The number of rotatable bonds is 9. The second-order valence-electron chi connectivity index (χ2n) is 8.07. The van der Waals surface area contributed by atoms with Crippen molar-refractivity contribution in [2.24, 2.45) is 0 Å². The van der Waals surface area contributed by atoms with Crippen LogP contribution in [0.2, 0.25) is 0 Å². The summed E-state index contributed by atoms with van der Waals surface area (Å²) in [6.07, 6.45) is 0.248. The Hall–Kier alpha value is -3.02. The number of amides is 1. The minimum atomic E-state index is -4.48. The van der Waals surface area contributed by atoms with E-state index in [-0.39, 0.29) is 11.5 Å². The van der Waals surface area contributed by atoms with Gasteiger partial charge in [-0.1, -0.05) is 50.1 Å². The number of aryl methyl sites for hydroxylation is 1. The zero-order chi connectivity index (χ0) is 23.1. The van der Waals surface area contributed by atoms with E-state index >= 15 is 0 Å². The van der Waals surface area contributed by atoms with E-state index in [1.807, 2.05) is 30.5 Å². The second-order valence-corrected chi connectivity index (χ2v) is 8.07. The summed E-state index contributed by atoms with van der Waals surface area (Å²) in [7, 11) is 0. The maximum absolute atomic E-state index is 13.2. The standard InChI is InChI=1S/C26H29F3N2O/c1-3-4-7-15-31(25(32)21-12-8-13-23(17-21)26(27,28)29)19-24-14-9-16-30(24)18-22-11-6-5-10-20(22)2/h5-6,8-14,16-17H,3-4,7,15,18-19H2,1-2H3. The van der Waals surface area contributed by atoms with Crippen molar-refractivity contribution in [1.82, 2.24) is 9.47 Å².